The summed E-state index contributed by atoms with van der Waals surface area (Å²) in [6.45, 7) is 3.64. The van der Waals surface area contributed by atoms with Crippen LogP contribution in [0.5, 0.6) is 5.75 Å². The summed E-state index contributed by atoms with van der Waals surface area (Å²) in [6, 6.07) is 7.28. The van der Waals surface area contributed by atoms with Gasteiger partial charge in [0.15, 0.2) is 9.84 Å². The number of benzene rings is 1. The molecular formula is C22H33N3O4S. The van der Waals surface area contributed by atoms with Gasteiger partial charge in [0, 0.05) is 44.0 Å². The van der Waals surface area contributed by atoms with Gasteiger partial charge in [-0.15, -0.1) is 0 Å². The molecule has 2 saturated heterocycles. The zero-order valence-corrected chi connectivity index (χ0v) is 18.4. The molecule has 0 spiro atoms. The van der Waals surface area contributed by atoms with Gasteiger partial charge in [-0.05, 0) is 43.5 Å². The predicted octanol–water partition coefficient (Wildman–Crippen LogP) is 1.86. The zero-order valence-electron chi connectivity index (χ0n) is 17.6. The number of phenolic OH excluding ortho intramolecular Hbond substituents is 1. The standard InChI is InChI=1S/C22H33N3O4S/c26-21-8-6-18(7-9-21)24-13-11-23(12-14-24)16-22(27)25(19-4-2-1-3-5-19)20-10-15-30(28,29)17-20/h6-9,19-20,26H,1-5,10-17H2/t20-/m1/s1. The van der Waals surface area contributed by atoms with Crippen molar-refractivity contribution in [2.24, 2.45) is 0 Å². The Kier molecular flexibility index (Phi) is 6.53. The highest BCUT2D eigenvalue weighted by Gasteiger charge is 2.39. The first-order valence-electron chi connectivity index (χ1n) is 11.2. The van der Waals surface area contributed by atoms with Crippen LogP contribution in [0.1, 0.15) is 38.5 Å². The maximum Gasteiger partial charge on any atom is 0.237 e. The van der Waals surface area contributed by atoms with Crippen molar-refractivity contribution in [3.05, 3.63) is 24.3 Å². The first-order valence-corrected chi connectivity index (χ1v) is 13.0. The highest BCUT2D eigenvalue weighted by atomic mass is 32.2. The third-order valence-electron chi connectivity index (χ3n) is 6.80. The summed E-state index contributed by atoms with van der Waals surface area (Å²) < 4.78 is 24.1. The number of carbonyl (C=O) groups excluding carboxylic acids is 1. The molecule has 3 fully saturated rings. The topological polar surface area (TPSA) is 81.2 Å². The molecule has 30 heavy (non-hydrogen) atoms. The summed E-state index contributed by atoms with van der Waals surface area (Å²) >= 11 is 0. The number of nitrogens with zero attached hydrogens (tertiary/aromatic N) is 3. The number of carbonyl (C=O) groups is 1. The first kappa shape index (κ1) is 21.4. The van der Waals surface area contributed by atoms with E-state index in [-0.39, 0.29) is 35.2 Å². The molecule has 1 aromatic carbocycles. The third-order valence-corrected chi connectivity index (χ3v) is 8.55. The van der Waals surface area contributed by atoms with Crippen LogP contribution in [0.15, 0.2) is 24.3 Å². The van der Waals surface area contributed by atoms with Gasteiger partial charge in [-0.25, -0.2) is 8.42 Å². The largest absolute Gasteiger partial charge is 0.508 e. The molecule has 1 aliphatic carbocycles. The quantitative estimate of drug-likeness (QED) is 0.760. The van der Waals surface area contributed by atoms with Gasteiger partial charge < -0.3 is 14.9 Å². The minimum Gasteiger partial charge on any atom is -0.508 e. The molecule has 1 aromatic rings. The van der Waals surface area contributed by atoms with Gasteiger partial charge in [0.2, 0.25) is 5.91 Å². The van der Waals surface area contributed by atoms with E-state index in [4.69, 9.17) is 0 Å². The summed E-state index contributed by atoms with van der Waals surface area (Å²) in [7, 11) is -3.02. The van der Waals surface area contributed by atoms with Crippen molar-refractivity contribution in [2.45, 2.75) is 50.6 Å². The number of rotatable bonds is 5. The molecule has 2 aliphatic heterocycles. The van der Waals surface area contributed by atoms with Crippen LogP contribution in [0.4, 0.5) is 5.69 Å². The van der Waals surface area contributed by atoms with Gasteiger partial charge in [-0.3, -0.25) is 9.69 Å². The van der Waals surface area contributed by atoms with Gasteiger partial charge in [0.25, 0.3) is 0 Å². The molecule has 3 aliphatic rings. The second kappa shape index (κ2) is 9.14. The number of hydrogen-bond acceptors (Lipinski definition) is 6. The summed E-state index contributed by atoms with van der Waals surface area (Å²) in [5.74, 6) is 0.699. The van der Waals surface area contributed by atoms with Crippen LogP contribution in [0.3, 0.4) is 0 Å². The minimum absolute atomic E-state index is 0.0992. The molecule has 0 aromatic heterocycles. The van der Waals surface area contributed by atoms with Crippen LogP contribution in [0, 0.1) is 0 Å². The SMILES string of the molecule is O=C(CN1CCN(c2ccc(O)cc2)CC1)N(C1CCCCC1)[C@@H]1CCS(=O)(=O)C1. The molecule has 166 valence electrons. The average Bonchev–Trinajstić information content (AvgIpc) is 3.09. The number of amides is 1. The van der Waals surface area contributed by atoms with E-state index in [0.717, 1.165) is 57.5 Å². The Balaban J connectivity index is 1.37. The summed E-state index contributed by atoms with van der Waals surface area (Å²) in [5, 5.41) is 9.47. The molecule has 7 nitrogen and oxygen atoms in total. The van der Waals surface area contributed by atoms with Crippen molar-refractivity contribution >= 4 is 21.4 Å². The normalized spacial score (nSPS) is 25.3. The molecule has 1 amide bonds. The van der Waals surface area contributed by atoms with E-state index < -0.39 is 9.84 Å². The van der Waals surface area contributed by atoms with Crippen molar-refractivity contribution < 1.29 is 18.3 Å². The van der Waals surface area contributed by atoms with Crippen LogP contribution in [-0.4, -0.2) is 85.5 Å². The van der Waals surface area contributed by atoms with Crippen LogP contribution in [0.2, 0.25) is 0 Å². The van der Waals surface area contributed by atoms with Crippen LogP contribution in [0.25, 0.3) is 0 Å². The van der Waals surface area contributed by atoms with Gasteiger partial charge in [-0.1, -0.05) is 19.3 Å². The fourth-order valence-corrected chi connectivity index (χ4v) is 6.87. The van der Waals surface area contributed by atoms with Crippen LogP contribution in [-0.2, 0) is 14.6 Å². The fraction of sp³-hybridized carbons (Fsp3) is 0.682. The van der Waals surface area contributed by atoms with Crippen molar-refractivity contribution in [3.8, 4) is 5.75 Å². The lowest BCUT2D eigenvalue weighted by Crippen LogP contribution is -2.54. The van der Waals surface area contributed by atoms with E-state index >= 15 is 0 Å². The van der Waals surface area contributed by atoms with E-state index in [9.17, 15) is 18.3 Å². The molecule has 1 saturated carbocycles. The molecule has 1 N–H and O–H groups in total. The second-order valence-corrected chi connectivity index (χ2v) is 11.2. The van der Waals surface area contributed by atoms with E-state index in [0.29, 0.717) is 13.0 Å². The molecule has 0 unspecified atom stereocenters. The molecule has 8 heteroatoms. The molecule has 4 rings (SSSR count). The summed E-state index contributed by atoms with van der Waals surface area (Å²) in [5.41, 5.74) is 1.08. The van der Waals surface area contributed by atoms with Gasteiger partial charge in [-0.2, -0.15) is 0 Å². The lowest BCUT2D eigenvalue weighted by atomic mass is 9.92. The predicted molar refractivity (Wildman–Crippen MR) is 118 cm³/mol. The minimum atomic E-state index is -3.02. The summed E-state index contributed by atoms with van der Waals surface area (Å²) in [4.78, 5) is 19.8. The van der Waals surface area contributed by atoms with E-state index in [2.05, 4.69) is 9.80 Å². The molecule has 0 bridgehead atoms. The first-order chi connectivity index (χ1) is 14.4. The lowest BCUT2D eigenvalue weighted by Gasteiger charge is -2.41. The Morgan fingerprint density at radius 3 is 2.23 bits per heavy atom. The second-order valence-electron chi connectivity index (χ2n) is 8.93. The zero-order chi connectivity index (χ0) is 21.1. The van der Waals surface area contributed by atoms with Crippen LogP contribution < -0.4 is 4.90 Å². The fourth-order valence-electron chi connectivity index (χ4n) is 5.16. The van der Waals surface area contributed by atoms with Crippen molar-refractivity contribution in [2.75, 3.05) is 49.1 Å². The molecular weight excluding hydrogens is 402 g/mol. The molecule has 1 atom stereocenters. The number of sulfone groups is 1. The maximum absolute atomic E-state index is 13.3. The van der Waals surface area contributed by atoms with Crippen molar-refractivity contribution in [1.82, 2.24) is 9.80 Å². The number of piperazine rings is 1. The Bertz CT molecular complexity index is 828. The number of anilines is 1. The summed E-state index contributed by atoms with van der Waals surface area (Å²) in [6.07, 6.45) is 6.03. The average molecular weight is 436 g/mol. The Labute approximate surface area is 179 Å². The van der Waals surface area contributed by atoms with E-state index in [1.54, 1.807) is 12.1 Å². The monoisotopic (exact) mass is 435 g/mol. The smallest absolute Gasteiger partial charge is 0.237 e. The highest BCUT2D eigenvalue weighted by molar-refractivity contribution is 7.91. The number of aromatic hydroxyl groups is 1. The van der Waals surface area contributed by atoms with Crippen molar-refractivity contribution in [3.63, 3.8) is 0 Å². The van der Waals surface area contributed by atoms with Crippen LogP contribution >= 0.6 is 0 Å². The third kappa shape index (κ3) is 5.09. The van der Waals surface area contributed by atoms with Crippen molar-refractivity contribution in [1.29, 1.82) is 0 Å². The highest BCUT2D eigenvalue weighted by Crippen LogP contribution is 2.29. The van der Waals surface area contributed by atoms with E-state index in [1.807, 2.05) is 17.0 Å². The number of phenols is 1. The lowest BCUT2D eigenvalue weighted by molar-refractivity contribution is -0.137. The number of hydrogen-bond donors (Lipinski definition) is 1. The van der Waals surface area contributed by atoms with Gasteiger partial charge in [0.1, 0.15) is 5.75 Å². The Morgan fingerprint density at radius 1 is 0.967 bits per heavy atom. The Hall–Kier alpha value is -1.80. The van der Waals surface area contributed by atoms with Gasteiger partial charge >= 0.3 is 0 Å². The van der Waals surface area contributed by atoms with Gasteiger partial charge in [0.05, 0.1) is 18.1 Å². The molecule has 0 radical (unpaired) electrons. The van der Waals surface area contributed by atoms with E-state index in [1.165, 1.54) is 6.42 Å². The maximum atomic E-state index is 13.3. The Morgan fingerprint density at radius 2 is 1.63 bits per heavy atom. The molecule has 2 heterocycles.